The summed E-state index contributed by atoms with van der Waals surface area (Å²) in [5, 5.41) is 8.86. The van der Waals surface area contributed by atoms with Crippen LogP contribution in [0.15, 0.2) is 17.5 Å². The molecule has 0 aliphatic carbocycles. The van der Waals surface area contributed by atoms with Gasteiger partial charge in [0.1, 0.15) is 0 Å². The predicted octanol–water partition coefficient (Wildman–Crippen LogP) is 3.88. The Hall–Kier alpha value is -0.870. The third kappa shape index (κ3) is 4.07. The van der Waals surface area contributed by atoms with Gasteiger partial charge in [0.25, 0.3) is 0 Å². The second kappa shape index (κ2) is 7.95. The van der Waals surface area contributed by atoms with Gasteiger partial charge in [0.05, 0.1) is 11.5 Å². The monoisotopic (exact) mass is 308 g/mol. The molecule has 21 heavy (non-hydrogen) atoms. The lowest BCUT2D eigenvalue weighted by Gasteiger charge is -2.37. The van der Waals surface area contributed by atoms with Crippen molar-refractivity contribution in [2.75, 3.05) is 13.1 Å². The summed E-state index contributed by atoms with van der Waals surface area (Å²) in [6, 6.07) is 4.38. The Bertz CT molecular complexity index is 418. The van der Waals surface area contributed by atoms with Crippen LogP contribution in [0.4, 0.5) is 0 Å². The molecule has 1 aliphatic rings. The minimum absolute atomic E-state index is 0.179. The zero-order chi connectivity index (χ0) is 15.1. The Morgan fingerprint density at radius 2 is 2.33 bits per heavy atom. The van der Waals surface area contributed by atoms with Crippen LogP contribution in [0, 0.1) is 5.41 Å². The summed E-state index contributed by atoms with van der Waals surface area (Å²) in [4.78, 5) is 14.2. The summed E-state index contributed by atoms with van der Waals surface area (Å²) in [7, 11) is 0. The molecular weight excluding hydrogens is 280 g/mol. The highest BCUT2D eigenvalue weighted by atomic mass is 32.1. The molecule has 1 aromatic rings. The number of thiophene rings is 1. The van der Waals surface area contributed by atoms with Crippen molar-refractivity contribution in [3.05, 3.63) is 22.4 Å². The highest BCUT2D eigenvalue weighted by Gasteiger charge is 2.39. The van der Waals surface area contributed by atoms with Gasteiger partial charge >= 0.3 is 0 Å². The van der Waals surface area contributed by atoms with Crippen LogP contribution in [0.2, 0.25) is 0 Å². The van der Waals surface area contributed by atoms with E-state index in [2.05, 4.69) is 42.0 Å². The molecule has 1 aliphatic heterocycles. The molecule has 2 atom stereocenters. The van der Waals surface area contributed by atoms with E-state index < -0.39 is 0 Å². The van der Waals surface area contributed by atoms with Gasteiger partial charge < -0.3 is 10.6 Å². The number of nitrogens with one attached hydrogen (secondary N) is 2. The van der Waals surface area contributed by atoms with E-state index in [4.69, 9.17) is 0 Å². The van der Waals surface area contributed by atoms with Gasteiger partial charge in [-0.3, -0.25) is 4.79 Å². The summed E-state index contributed by atoms with van der Waals surface area (Å²) in [6.45, 7) is 6.22. The molecule has 2 rings (SSSR count). The molecule has 1 saturated heterocycles. The Labute approximate surface area is 132 Å². The second-order valence-corrected chi connectivity index (χ2v) is 7.12. The Morgan fingerprint density at radius 3 is 2.90 bits per heavy atom. The topological polar surface area (TPSA) is 41.1 Å². The molecule has 118 valence electrons. The molecule has 0 bridgehead atoms. The molecule has 3 nitrogen and oxygen atoms in total. The first-order valence-electron chi connectivity index (χ1n) is 8.27. The summed E-state index contributed by atoms with van der Waals surface area (Å²) in [5.41, 5.74) is -0.198. The van der Waals surface area contributed by atoms with E-state index in [1.54, 1.807) is 11.3 Å². The number of carbonyl (C=O) groups is 1. The van der Waals surface area contributed by atoms with E-state index in [9.17, 15) is 4.79 Å². The number of piperidine rings is 1. The largest absolute Gasteiger partial charge is 0.348 e. The minimum atomic E-state index is -0.198. The Balaban J connectivity index is 2.08. The van der Waals surface area contributed by atoms with Crippen LogP contribution in [0.25, 0.3) is 0 Å². The van der Waals surface area contributed by atoms with E-state index in [0.717, 1.165) is 51.6 Å². The average molecular weight is 308 g/mol. The van der Waals surface area contributed by atoms with Gasteiger partial charge in [-0.1, -0.05) is 32.8 Å². The number of hydrogen-bond donors (Lipinski definition) is 2. The normalized spacial score (nSPS) is 23.7. The molecule has 0 spiro atoms. The summed E-state index contributed by atoms with van der Waals surface area (Å²) in [5.74, 6) is 0.253. The maximum absolute atomic E-state index is 12.9. The van der Waals surface area contributed by atoms with Gasteiger partial charge in [0.15, 0.2) is 0 Å². The van der Waals surface area contributed by atoms with Gasteiger partial charge in [0, 0.05) is 11.4 Å². The third-order valence-corrected chi connectivity index (χ3v) is 5.44. The lowest BCUT2D eigenvalue weighted by molar-refractivity contribution is -0.133. The maximum atomic E-state index is 12.9. The van der Waals surface area contributed by atoms with Crippen LogP contribution >= 0.6 is 11.3 Å². The SMILES string of the molecule is CCCC(NC(=O)C1(CCC)CCCNC1)c1cccs1. The fourth-order valence-electron chi connectivity index (χ4n) is 3.34. The highest BCUT2D eigenvalue weighted by Crippen LogP contribution is 2.33. The molecule has 1 amide bonds. The molecule has 0 aromatic carbocycles. The van der Waals surface area contributed by atoms with Crippen molar-refractivity contribution in [2.45, 2.75) is 58.4 Å². The zero-order valence-corrected chi connectivity index (χ0v) is 14.1. The lowest BCUT2D eigenvalue weighted by atomic mass is 9.76. The first kappa shape index (κ1) is 16.5. The molecule has 2 heterocycles. The highest BCUT2D eigenvalue weighted by molar-refractivity contribution is 7.10. The van der Waals surface area contributed by atoms with Crippen molar-refractivity contribution in [1.29, 1.82) is 0 Å². The zero-order valence-electron chi connectivity index (χ0n) is 13.3. The summed E-state index contributed by atoms with van der Waals surface area (Å²) < 4.78 is 0. The van der Waals surface area contributed by atoms with E-state index >= 15 is 0 Å². The minimum Gasteiger partial charge on any atom is -0.348 e. The van der Waals surface area contributed by atoms with E-state index in [-0.39, 0.29) is 17.4 Å². The summed E-state index contributed by atoms with van der Waals surface area (Å²) >= 11 is 1.74. The van der Waals surface area contributed by atoms with Gasteiger partial charge in [-0.25, -0.2) is 0 Å². The van der Waals surface area contributed by atoms with Crippen molar-refractivity contribution >= 4 is 17.2 Å². The number of rotatable bonds is 7. The molecule has 0 saturated carbocycles. The lowest BCUT2D eigenvalue weighted by Crippen LogP contribution is -2.51. The van der Waals surface area contributed by atoms with Gasteiger partial charge in [0.2, 0.25) is 5.91 Å². The van der Waals surface area contributed by atoms with E-state index in [1.165, 1.54) is 4.88 Å². The molecule has 1 aromatic heterocycles. The van der Waals surface area contributed by atoms with Crippen LogP contribution in [-0.2, 0) is 4.79 Å². The van der Waals surface area contributed by atoms with Crippen molar-refractivity contribution in [2.24, 2.45) is 5.41 Å². The standard InChI is InChI=1S/C17H28N2OS/c1-3-7-14(15-8-5-12-21-15)19-16(20)17(9-4-2)10-6-11-18-13-17/h5,8,12,14,18H,3-4,6-7,9-11,13H2,1-2H3,(H,19,20). The summed E-state index contributed by atoms with van der Waals surface area (Å²) in [6.07, 6.45) is 6.26. The third-order valence-electron chi connectivity index (χ3n) is 4.45. The predicted molar refractivity (Wildman–Crippen MR) is 89.6 cm³/mol. The molecule has 2 unspecified atom stereocenters. The fraction of sp³-hybridized carbons (Fsp3) is 0.706. The molecule has 0 radical (unpaired) electrons. The van der Waals surface area contributed by atoms with Crippen LogP contribution < -0.4 is 10.6 Å². The van der Waals surface area contributed by atoms with Crippen LogP contribution in [0.5, 0.6) is 0 Å². The van der Waals surface area contributed by atoms with Crippen LogP contribution in [-0.4, -0.2) is 19.0 Å². The van der Waals surface area contributed by atoms with Crippen molar-refractivity contribution in [3.63, 3.8) is 0 Å². The van der Waals surface area contributed by atoms with E-state index in [0.29, 0.717) is 0 Å². The smallest absolute Gasteiger partial charge is 0.228 e. The average Bonchev–Trinajstić information content (AvgIpc) is 3.02. The maximum Gasteiger partial charge on any atom is 0.228 e. The first-order chi connectivity index (χ1) is 10.2. The van der Waals surface area contributed by atoms with Crippen LogP contribution in [0.3, 0.4) is 0 Å². The van der Waals surface area contributed by atoms with Gasteiger partial charge in [-0.05, 0) is 43.7 Å². The molecular formula is C17H28N2OS. The second-order valence-electron chi connectivity index (χ2n) is 6.14. The molecule has 1 fully saturated rings. The first-order valence-corrected chi connectivity index (χ1v) is 9.15. The van der Waals surface area contributed by atoms with Gasteiger partial charge in [-0.15, -0.1) is 11.3 Å². The van der Waals surface area contributed by atoms with Crippen LogP contribution in [0.1, 0.15) is 63.3 Å². The van der Waals surface area contributed by atoms with Crippen molar-refractivity contribution in [3.8, 4) is 0 Å². The molecule has 4 heteroatoms. The quantitative estimate of drug-likeness (QED) is 0.802. The van der Waals surface area contributed by atoms with Gasteiger partial charge in [-0.2, -0.15) is 0 Å². The number of carbonyl (C=O) groups excluding carboxylic acids is 1. The Morgan fingerprint density at radius 1 is 1.48 bits per heavy atom. The van der Waals surface area contributed by atoms with Crippen molar-refractivity contribution in [1.82, 2.24) is 10.6 Å². The van der Waals surface area contributed by atoms with Crippen molar-refractivity contribution < 1.29 is 4.79 Å². The van der Waals surface area contributed by atoms with E-state index in [1.807, 2.05) is 0 Å². The number of hydrogen-bond acceptors (Lipinski definition) is 3. The number of amides is 1. The Kier molecular flexibility index (Phi) is 6.24. The fourth-order valence-corrected chi connectivity index (χ4v) is 4.15. The molecule has 2 N–H and O–H groups in total.